The van der Waals surface area contributed by atoms with Crippen LogP contribution in [0.15, 0.2) is 29.3 Å². The predicted molar refractivity (Wildman–Crippen MR) is 125 cm³/mol. The second-order valence-electron chi connectivity index (χ2n) is 8.63. The lowest BCUT2D eigenvalue weighted by Crippen LogP contribution is -2.46. The molecule has 1 amide bonds. The van der Waals surface area contributed by atoms with Crippen molar-refractivity contribution >= 4 is 11.9 Å². The fourth-order valence-corrected chi connectivity index (χ4v) is 3.88. The summed E-state index contributed by atoms with van der Waals surface area (Å²) in [6.07, 6.45) is 0.613. The molecule has 2 aliphatic rings. The first-order valence-electron chi connectivity index (χ1n) is 11.5. The maximum Gasteiger partial charge on any atom is 0.241 e. The van der Waals surface area contributed by atoms with Crippen molar-refractivity contribution in [1.29, 1.82) is 0 Å². The van der Waals surface area contributed by atoms with E-state index in [-0.39, 0.29) is 18.6 Å². The Bertz CT molecular complexity index is 751. The third-order valence-electron chi connectivity index (χ3n) is 5.90. The lowest BCUT2D eigenvalue weighted by Gasteiger charge is -2.26. The molecule has 0 saturated carbocycles. The fraction of sp³-hybridized carbons (Fsp3) is 0.652. The first-order valence-corrected chi connectivity index (χ1v) is 11.5. The Morgan fingerprint density at radius 1 is 1.16 bits per heavy atom. The summed E-state index contributed by atoms with van der Waals surface area (Å²) in [4.78, 5) is 23.0. The van der Waals surface area contributed by atoms with Crippen molar-refractivity contribution in [2.75, 3.05) is 73.1 Å². The van der Waals surface area contributed by atoms with Crippen LogP contribution in [-0.4, -0.2) is 111 Å². The molecule has 32 heavy (non-hydrogen) atoms. The number of carbonyl (C=O) groups is 1. The summed E-state index contributed by atoms with van der Waals surface area (Å²) < 4.78 is 5.41. The first-order chi connectivity index (χ1) is 15.5. The predicted octanol–water partition coefficient (Wildman–Crippen LogP) is -0.291. The largest absolute Gasteiger partial charge is 0.392 e. The Labute approximate surface area is 191 Å². The van der Waals surface area contributed by atoms with E-state index in [2.05, 4.69) is 32.6 Å². The maximum absolute atomic E-state index is 12.0. The molecule has 178 valence electrons. The molecule has 0 bridgehead atoms. The molecule has 2 fully saturated rings. The second-order valence-corrected chi connectivity index (χ2v) is 8.63. The number of ether oxygens (including phenoxy) is 1. The zero-order valence-corrected chi connectivity index (χ0v) is 19.4. The van der Waals surface area contributed by atoms with Crippen molar-refractivity contribution in [3.05, 3.63) is 35.4 Å². The zero-order valence-electron chi connectivity index (χ0n) is 19.4. The molecule has 3 N–H and O–H groups in total. The highest BCUT2D eigenvalue weighted by Crippen LogP contribution is 2.17. The van der Waals surface area contributed by atoms with Gasteiger partial charge in [-0.15, -0.1) is 0 Å². The van der Waals surface area contributed by atoms with E-state index >= 15 is 0 Å². The lowest BCUT2D eigenvalue weighted by atomic mass is 10.1. The van der Waals surface area contributed by atoms with Crippen molar-refractivity contribution in [1.82, 2.24) is 25.3 Å². The summed E-state index contributed by atoms with van der Waals surface area (Å²) in [5, 5.41) is 16.4. The molecular formula is C23H38N6O3. The first kappa shape index (κ1) is 24.4. The van der Waals surface area contributed by atoms with E-state index in [1.807, 2.05) is 12.1 Å². The monoisotopic (exact) mass is 446 g/mol. The van der Waals surface area contributed by atoms with E-state index in [0.29, 0.717) is 12.5 Å². The van der Waals surface area contributed by atoms with Crippen molar-refractivity contribution in [3.63, 3.8) is 0 Å². The SMILES string of the molecule is CN(C)C(=O)CNC(=NCc1ccccc1CN1CCC(O)C1)NCCN1CCOCC1. The van der Waals surface area contributed by atoms with E-state index in [0.717, 1.165) is 71.0 Å². The Balaban J connectivity index is 1.60. The number of hydrogen-bond donors (Lipinski definition) is 3. The van der Waals surface area contributed by atoms with Gasteiger partial charge in [0.15, 0.2) is 5.96 Å². The normalized spacial score (nSPS) is 20.3. The molecule has 3 rings (SSSR count). The van der Waals surface area contributed by atoms with Crippen molar-refractivity contribution in [3.8, 4) is 0 Å². The van der Waals surface area contributed by atoms with E-state index in [1.54, 1.807) is 19.0 Å². The van der Waals surface area contributed by atoms with Crippen LogP contribution in [-0.2, 0) is 22.6 Å². The maximum atomic E-state index is 12.0. The second kappa shape index (κ2) is 12.7. The van der Waals surface area contributed by atoms with Gasteiger partial charge in [-0.1, -0.05) is 24.3 Å². The number of rotatable bonds is 9. The summed E-state index contributed by atoms with van der Waals surface area (Å²) >= 11 is 0. The molecule has 0 aliphatic carbocycles. The Morgan fingerprint density at radius 2 is 1.91 bits per heavy atom. The average Bonchev–Trinajstić information content (AvgIpc) is 3.21. The smallest absolute Gasteiger partial charge is 0.241 e. The molecule has 1 atom stereocenters. The Morgan fingerprint density at radius 3 is 2.59 bits per heavy atom. The number of nitrogens with one attached hydrogen (secondary N) is 2. The minimum atomic E-state index is -0.221. The van der Waals surface area contributed by atoms with Crippen molar-refractivity contribution < 1.29 is 14.6 Å². The van der Waals surface area contributed by atoms with Gasteiger partial charge in [0.05, 0.1) is 32.4 Å². The molecule has 2 aliphatic heterocycles. The van der Waals surface area contributed by atoms with Gasteiger partial charge in [-0.25, -0.2) is 4.99 Å². The number of hydrogen-bond acceptors (Lipinski definition) is 6. The molecule has 0 radical (unpaired) electrons. The van der Waals surface area contributed by atoms with Gasteiger partial charge in [0, 0.05) is 59.9 Å². The average molecular weight is 447 g/mol. The van der Waals surface area contributed by atoms with Crippen LogP contribution in [0.2, 0.25) is 0 Å². The molecule has 2 heterocycles. The zero-order chi connectivity index (χ0) is 22.8. The van der Waals surface area contributed by atoms with E-state index in [1.165, 1.54) is 5.56 Å². The van der Waals surface area contributed by atoms with Gasteiger partial charge in [0.2, 0.25) is 5.91 Å². The van der Waals surface area contributed by atoms with Gasteiger partial charge in [0.25, 0.3) is 0 Å². The van der Waals surface area contributed by atoms with E-state index < -0.39 is 0 Å². The molecule has 9 heteroatoms. The number of likely N-dealkylation sites (tertiary alicyclic amines) is 1. The number of likely N-dealkylation sites (N-methyl/N-ethyl adjacent to an activating group) is 1. The summed E-state index contributed by atoms with van der Waals surface area (Å²) in [6.45, 7) is 8.27. The highest BCUT2D eigenvalue weighted by Gasteiger charge is 2.20. The number of benzene rings is 1. The van der Waals surface area contributed by atoms with Crippen LogP contribution in [0.4, 0.5) is 0 Å². The highest BCUT2D eigenvalue weighted by atomic mass is 16.5. The van der Waals surface area contributed by atoms with Crippen LogP contribution in [0.25, 0.3) is 0 Å². The topological polar surface area (TPSA) is 92.7 Å². The summed E-state index contributed by atoms with van der Waals surface area (Å²) in [5.41, 5.74) is 2.38. The number of aliphatic imine (C=N–C) groups is 1. The van der Waals surface area contributed by atoms with Gasteiger partial charge < -0.3 is 25.4 Å². The standard InChI is InChI=1S/C23H38N6O3/c1-27(2)22(31)16-26-23(24-8-10-28-11-13-32-14-12-28)25-15-19-5-3-4-6-20(19)17-29-9-7-21(30)18-29/h3-6,21,30H,7-18H2,1-2H3,(H2,24,25,26). The Hall–Kier alpha value is -2.20. The van der Waals surface area contributed by atoms with Crippen LogP contribution in [0, 0.1) is 0 Å². The quantitative estimate of drug-likeness (QED) is 0.355. The summed E-state index contributed by atoms with van der Waals surface area (Å²) in [6, 6.07) is 8.30. The van der Waals surface area contributed by atoms with Crippen molar-refractivity contribution in [2.45, 2.75) is 25.6 Å². The number of nitrogens with zero attached hydrogens (tertiary/aromatic N) is 4. The van der Waals surface area contributed by atoms with Crippen LogP contribution in [0.5, 0.6) is 0 Å². The molecule has 1 aromatic carbocycles. The van der Waals surface area contributed by atoms with Gasteiger partial charge in [-0.3, -0.25) is 14.6 Å². The molecule has 1 aromatic rings. The van der Waals surface area contributed by atoms with E-state index in [9.17, 15) is 9.90 Å². The third-order valence-corrected chi connectivity index (χ3v) is 5.90. The molecular weight excluding hydrogens is 408 g/mol. The number of aliphatic hydroxyl groups is 1. The van der Waals surface area contributed by atoms with Gasteiger partial charge >= 0.3 is 0 Å². The number of guanidine groups is 1. The third kappa shape index (κ3) is 8.05. The number of amides is 1. The minimum absolute atomic E-state index is 0.000621. The summed E-state index contributed by atoms with van der Waals surface area (Å²) in [7, 11) is 3.50. The molecule has 0 spiro atoms. The van der Waals surface area contributed by atoms with Gasteiger partial charge in [0.1, 0.15) is 0 Å². The Kier molecular flexibility index (Phi) is 9.73. The van der Waals surface area contributed by atoms with E-state index in [4.69, 9.17) is 9.73 Å². The summed E-state index contributed by atoms with van der Waals surface area (Å²) in [5.74, 6) is 0.639. The van der Waals surface area contributed by atoms with Crippen molar-refractivity contribution in [2.24, 2.45) is 4.99 Å². The fourth-order valence-electron chi connectivity index (χ4n) is 3.88. The molecule has 9 nitrogen and oxygen atoms in total. The van der Waals surface area contributed by atoms with Crippen LogP contribution >= 0.6 is 0 Å². The molecule has 2 saturated heterocycles. The lowest BCUT2D eigenvalue weighted by molar-refractivity contribution is -0.127. The van der Waals surface area contributed by atoms with Gasteiger partial charge in [-0.2, -0.15) is 0 Å². The van der Waals surface area contributed by atoms with Gasteiger partial charge in [-0.05, 0) is 17.5 Å². The van der Waals surface area contributed by atoms with Crippen LogP contribution in [0.3, 0.4) is 0 Å². The highest BCUT2D eigenvalue weighted by molar-refractivity contribution is 5.86. The minimum Gasteiger partial charge on any atom is -0.392 e. The number of carbonyl (C=O) groups excluding carboxylic acids is 1. The number of aliphatic hydroxyl groups excluding tert-OH is 1. The number of β-amino-alcohol motifs (C(OH)–C–C–N with tert-alkyl or cyclic N) is 1. The molecule has 1 unspecified atom stereocenters. The number of morpholine rings is 1. The molecule has 0 aromatic heterocycles. The van der Waals surface area contributed by atoms with Crippen LogP contribution < -0.4 is 10.6 Å². The van der Waals surface area contributed by atoms with Crippen LogP contribution in [0.1, 0.15) is 17.5 Å².